The number of para-hydroxylation sites is 1. The van der Waals surface area contributed by atoms with Gasteiger partial charge in [0.05, 0.1) is 66.0 Å². The summed E-state index contributed by atoms with van der Waals surface area (Å²) in [5.74, 6) is -1.68. The highest BCUT2D eigenvalue weighted by molar-refractivity contribution is 7.13. The molecule has 0 unspecified atom stereocenters. The summed E-state index contributed by atoms with van der Waals surface area (Å²) in [6.07, 6.45) is 2.28. The minimum atomic E-state index is -1.03. The van der Waals surface area contributed by atoms with E-state index in [2.05, 4.69) is 57.2 Å². The molecular weight excluding hydrogens is 963 g/mol. The number of hydrogen-bond acceptors (Lipinski definition) is 17. The first kappa shape index (κ1) is 53.4. The molecule has 7 rings (SSSR count). The smallest absolute Gasteiger partial charge is 0.273 e. The van der Waals surface area contributed by atoms with Crippen LogP contribution >= 0.6 is 11.3 Å². The summed E-state index contributed by atoms with van der Waals surface area (Å²) in [7, 11) is 2.95. The molecule has 5 aromatic rings. The summed E-state index contributed by atoms with van der Waals surface area (Å²) in [5, 5.41) is 40.1. The van der Waals surface area contributed by atoms with Crippen molar-refractivity contribution in [3.63, 3.8) is 0 Å². The molecule has 7 N–H and O–H groups in total. The fourth-order valence-corrected chi connectivity index (χ4v) is 8.71. The number of β-amino-alcohol motifs (C(OH)–C–C–N with tert-alkyl or cyclic N) is 1. The van der Waals surface area contributed by atoms with Crippen molar-refractivity contribution in [2.24, 2.45) is 11.3 Å². The zero-order valence-electron chi connectivity index (χ0n) is 41.5. The van der Waals surface area contributed by atoms with E-state index in [9.17, 15) is 33.9 Å². The molecule has 388 valence electrons. The van der Waals surface area contributed by atoms with Crippen LogP contribution in [0.3, 0.4) is 0 Å². The molecule has 0 radical (unpaired) electrons. The third kappa shape index (κ3) is 14.2. The summed E-state index contributed by atoms with van der Waals surface area (Å²) in [4.78, 5) is 89.2. The molecule has 23 nitrogen and oxygen atoms in total. The molecule has 3 atom stereocenters. The van der Waals surface area contributed by atoms with E-state index in [1.165, 1.54) is 31.5 Å². The van der Waals surface area contributed by atoms with E-state index >= 15 is 0 Å². The highest BCUT2D eigenvalue weighted by atomic mass is 32.1. The molecule has 0 spiro atoms. The molecule has 6 amide bonds. The van der Waals surface area contributed by atoms with Crippen LogP contribution in [0.25, 0.3) is 21.8 Å². The number of aryl methyl sites for hydroxylation is 1. The van der Waals surface area contributed by atoms with E-state index in [0.717, 1.165) is 34.5 Å². The third-order valence-electron chi connectivity index (χ3n) is 11.9. The number of aliphatic hydroxyl groups is 1. The zero-order chi connectivity index (χ0) is 52.2. The first-order chi connectivity index (χ1) is 35.0. The molecule has 1 aliphatic carbocycles. The van der Waals surface area contributed by atoms with Crippen molar-refractivity contribution in [2.45, 2.75) is 78.2 Å². The van der Waals surface area contributed by atoms with Crippen LogP contribution in [0.15, 0.2) is 60.4 Å². The number of nitrogens with zero attached hydrogens (tertiary/aromatic N) is 7. The maximum atomic E-state index is 14.0. The lowest BCUT2D eigenvalue weighted by Crippen LogP contribution is -2.58. The zero-order valence-corrected chi connectivity index (χ0v) is 42.3. The van der Waals surface area contributed by atoms with Crippen LogP contribution in [0.4, 0.5) is 17.2 Å². The van der Waals surface area contributed by atoms with Gasteiger partial charge in [0.25, 0.3) is 5.91 Å². The number of ether oxygens (including phenoxy) is 3. The fourth-order valence-electron chi connectivity index (χ4n) is 7.90. The Bertz CT molecular complexity index is 2770. The van der Waals surface area contributed by atoms with Crippen molar-refractivity contribution in [3.05, 3.63) is 77.3 Å². The Morgan fingerprint density at radius 3 is 2.33 bits per heavy atom. The normalized spacial score (nSPS) is 15.8. The van der Waals surface area contributed by atoms with Gasteiger partial charge < -0.3 is 56.1 Å². The standard InChI is InChI=1S/C49H61N13O10S/c1-28-42(73-27-54-28)30-12-10-29(11-13-30)22-52-46(67)36-20-32(63)23-62(36)48(69)43(49(2,3)4)57-39(65)25-72-19-18-71-24-38(64)51-16-17-61-26-53-44(60-61)33-8-7-9-34(41(33)70-6)55-35-21-37(56-45(66)31-14-15-31)58-59-40(35)47(68)50-5/h7-13,21,26-27,31-32,36,43,63H,14-20,22-25H2,1-6H3,(H,50,68)(H,51,64)(H,52,67)(H,57,65)(H2,55,56,58,66)/t32-,36+,43-/m1/s1. The number of hydrogen-bond donors (Lipinski definition) is 7. The van der Waals surface area contributed by atoms with E-state index < -0.39 is 59.7 Å². The van der Waals surface area contributed by atoms with Gasteiger partial charge in [0.1, 0.15) is 31.6 Å². The summed E-state index contributed by atoms with van der Waals surface area (Å²) in [6.45, 7) is 7.31. The van der Waals surface area contributed by atoms with Crippen molar-refractivity contribution < 1.29 is 48.1 Å². The molecule has 2 aliphatic rings. The Kier molecular flexibility index (Phi) is 17.8. The number of anilines is 3. The van der Waals surface area contributed by atoms with Crippen molar-refractivity contribution in [1.29, 1.82) is 0 Å². The van der Waals surface area contributed by atoms with Gasteiger partial charge in [-0.3, -0.25) is 33.4 Å². The molecule has 0 bridgehead atoms. The van der Waals surface area contributed by atoms with Crippen molar-refractivity contribution in [1.82, 2.24) is 56.1 Å². The van der Waals surface area contributed by atoms with E-state index in [-0.39, 0.29) is 81.4 Å². The number of nitrogens with one attached hydrogen (secondary N) is 6. The number of carbonyl (C=O) groups is 6. The predicted molar refractivity (Wildman–Crippen MR) is 268 cm³/mol. The van der Waals surface area contributed by atoms with Gasteiger partial charge in [-0.15, -0.1) is 21.5 Å². The van der Waals surface area contributed by atoms with E-state index in [1.807, 2.05) is 31.2 Å². The van der Waals surface area contributed by atoms with Crippen LogP contribution in [0.1, 0.15) is 61.8 Å². The number of amides is 6. The van der Waals surface area contributed by atoms with Crippen LogP contribution < -0.4 is 36.6 Å². The predicted octanol–water partition coefficient (Wildman–Crippen LogP) is 2.59. The van der Waals surface area contributed by atoms with Crippen LogP contribution in [-0.2, 0) is 46.5 Å². The van der Waals surface area contributed by atoms with Crippen molar-refractivity contribution >= 4 is 64.0 Å². The topological polar surface area (TPSA) is 295 Å². The molecule has 1 saturated heterocycles. The largest absolute Gasteiger partial charge is 0.494 e. The quantitative estimate of drug-likeness (QED) is 0.0463. The molecule has 3 aromatic heterocycles. The Hall–Kier alpha value is -7.41. The molecule has 73 heavy (non-hydrogen) atoms. The fraction of sp³-hybridized carbons (Fsp3) is 0.449. The number of aliphatic hydroxyl groups excluding tert-OH is 1. The maximum Gasteiger partial charge on any atom is 0.273 e. The van der Waals surface area contributed by atoms with Gasteiger partial charge in [-0.25, -0.2) is 9.97 Å². The summed E-state index contributed by atoms with van der Waals surface area (Å²) < 4.78 is 18.2. The first-order valence-corrected chi connectivity index (χ1v) is 24.6. The average molecular weight is 1020 g/mol. The highest BCUT2D eigenvalue weighted by Gasteiger charge is 2.44. The van der Waals surface area contributed by atoms with E-state index in [1.54, 1.807) is 60.5 Å². The monoisotopic (exact) mass is 1020 g/mol. The molecule has 1 saturated carbocycles. The van der Waals surface area contributed by atoms with Gasteiger partial charge in [-0.1, -0.05) is 51.1 Å². The van der Waals surface area contributed by atoms with E-state index in [4.69, 9.17) is 14.2 Å². The van der Waals surface area contributed by atoms with E-state index in [0.29, 0.717) is 22.8 Å². The SMILES string of the molecule is CNC(=O)c1nnc(NC(=O)C2CC2)cc1Nc1cccc(-c2ncn(CCNC(=O)COCCOCC(=O)N[C@H](C(=O)N3C[C@H](O)C[C@H]3C(=O)NCc3ccc(-c4scnc4C)cc3)C(C)(C)C)n2)c1OC. The third-order valence-corrected chi connectivity index (χ3v) is 12.9. The summed E-state index contributed by atoms with van der Waals surface area (Å²) in [6, 6.07) is 12.6. The second kappa shape index (κ2) is 24.3. The Morgan fingerprint density at radius 2 is 1.66 bits per heavy atom. The summed E-state index contributed by atoms with van der Waals surface area (Å²) in [5.41, 5.74) is 5.16. The highest BCUT2D eigenvalue weighted by Crippen LogP contribution is 2.38. The first-order valence-electron chi connectivity index (χ1n) is 23.7. The number of carbonyl (C=O) groups excluding carboxylic acids is 6. The molecular formula is C49H61N13O10S. The van der Waals surface area contributed by atoms with Gasteiger partial charge in [-0.2, -0.15) is 5.10 Å². The molecule has 2 fully saturated rings. The maximum absolute atomic E-state index is 14.0. The van der Waals surface area contributed by atoms with Gasteiger partial charge in [0.2, 0.25) is 29.5 Å². The Balaban J connectivity index is 0.819. The second-order valence-corrected chi connectivity index (χ2v) is 19.4. The number of thiazole rings is 1. The minimum absolute atomic E-state index is 0.00119. The lowest BCUT2D eigenvalue weighted by atomic mass is 9.85. The van der Waals surface area contributed by atoms with Gasteiger partial charge in [0, 0.05) is 45.1 Å². The van der Waals surface area contributed by atoms with Crippen LogP contribution in [0.5, 0.6) is 5.75 Å². The number of aromatic nitrogens is 6. The van der Waals surface area contributed by atoms with Crippen LogP contribution in [0.2, 0.25) is 0 Å². The minimum Gasteiger partial charge on any atom is -0.494 e. The molecule has 1 aliphatic heterocycles. The van der Waals surface area contributed by atoms with Gasteiger partial charge in [-0.05, 0) is 48.4 Å². The van der Waals surface area contributed by atoms with Gasteiger partial charge in [0.15, 0.2) is 23.1 Å². The molecule has 4 heterocycles. The van der Waals surface area contributed by atoms with Crippen LogP contribution in [-0.4, -0.2) is 147 Å². The second-order valence-electron chi connectivity index (χ2n) is 18.6. The molecule has 24 heteroatoms. The van der Waals surface area contributed by atoms with Crippen molar-refractivity contribution in [3.8, 4) is 27.6 Å². The van der Waals surface area contributed by atoms with Crippen molar-refractivity contribution in [2.75, 3.05) is 64.3 Å². The number of rotatable bonds is 23. The number of likely N-dealkylation sites (tertiary alicyclic amines) is 1. The number of benzene rings is 2. The Morgan fingerprint density at radius 1 is 0.918 bits per heavy atom. The molecule has 2 aromatic carbocycles. The lowest BCUT2D eigenvalue weighted by molar-refractivity contribution is -0.144. The number of methoxy groups -OCH3 is 1. The Labute approximate surface area is 425 Å². The van der Waals surface area contributed by atoms with Gasteiger partial charge >= 0.3 is 0 Å². The average Bonchev–Trinajstić information content (AvgIpc) is 3.76. The van der Waals surface area contributed by atoms with Crippen LogP contribution in [0, 0.1) is 18.3 Å². The summed E-state index contributed by atoms with van der Waals surface area (Å²) >= 11 is 1.56. The lowest BCUT2D eigenvalue weighted by Gasteiger charge is -2.35.